The second kappa shape index (κ2) is 14.1. The van der Waals surface area contributed by atoms with E-state index in [2.05, 4.69) is 5.32 Å². The van der Waals surface area contributed by atoms with Gasteiger partial charge in [-0.1, -0.05) is 78.9 Å². The fraction of sp³-hybridized carbons (Fsp3) is 0.394. The predicted octanol–water partition coefficient (Wildman–Crippen LogP) is 5.45. The van der Waals surface area contributed by atoms with Gasteiger partial charge in [0, 0.05) is 12.1 Å². The lowest BCUT2D eigenvalue weighted by molar-refractivity contribution is -0.129. The minimum absolute atomic E-state index is 0.0917. The number of ether oxygens (including phenoxy) is 2. The average molecular weight is 547 g/mol. The van der Waals surface area contributed by atoms with Gasteiger partial charge in [0.05, 0.1) is 12.0 Å². The summed E-state index contributed by atoms with van der Waals surface area (Å²) in [6, 6.07) is 23.4. The van der Waals surface area contributed by atoms with Crippen LogP contribution in [0.3, 0.4) is 0 Å². The Hall–Kier alpha value is -3.68. The van der Waals surface area contributed by atoms with E-state index in [1.165, 1.54) is 0 Å². The summed E-state index contributed by atoms with van der Waals surface area (Å²) in [6.07, 6.45) is -1.21. The van der Waals surface area contributed by atoms with Crippen molar-refractivity contribution in [1.29, 1.82) is 0 Å². The van der Waals surface area contributed by atoms with E-state index in [0.717, 1.165) is 22.3 Å². The van der Waals surface area contributed by atoms with Gasteiger partial charge in [0.25, 0.3) is 0 Å². The summed E-state index contributed by atoms with van der Waals surface area (Å²) in [7, 11) is 0. The van der Waals surface area contributed by atoms with Crippen molar-refractivity contribution in [3.8, 4) is 5.75 Å². The third-order valence-corrected chi connectivity index (χ3v) is 6.70. The number of hydrogen-bond donors (Lipinski definition) is 3. The predicted molar refractivity (Wildman–Crippen MR) is 157 cm³/mol. The van der Waals surface area contributed by atoms with Crippen LogP contribution >= 0.6 is 0 Å². The Bertz CT molecular complexity index is 1220. The standard InChI is InChI=1S/C33H42N2O5/c1-22-13-12-14-23(2)31(22)39-21-28(37)29(30(34)25-17-10-7-11-18-25)27(36)20-26(19-24-15-8-6-9-16-24)35-32(38)40-33(3,4)5/h6-18,26-27,29-30,36H,19-21,34H2,1-5H3,(H,35,38). The molecule has 3 rings (SSSR count). The van der Waals surface area contributed by atoms with Gasteiger partial charge in [-0.25, -0.2) is 4.79 Å². The van der Waals surface area contributed by atoms with Crippen molar-refractivity contribution >= 4 is 11.9 Å². The summed E-state index contributed by atoms with van der Waals surface area (Å²) in [5.41, 5.74) is 9.49. The number of nitrogens with one attached hydrogen (secondary N) is 1. The van der Waals surface area contributed by atoms with Crippen molar-refractivity contribution in [2.75, 3.05) is 6.61 Å². The summed E-state index contributed by atoms with van der Waals surface area (Å²) in [5, 5.41) is 14.5. The molecule has 0 aromatic heterocycles. The molecule has 0 saturated carbocycles. The van der Waals surface area contributed by atoms with Crippen LogP contribution in [0.15, 0.2) is 78.9 Å². The smallest absolute Gasteiger partial charge is 0.407 e. The van der Waals surface area contributed by atoms with E-state index in [9.17, 15) is 14.7 Å². The summed E-state index contributed by atoms with van der Waals surface area (Å²) >= 11 is 0. The molecule has 0 radical (unpaired) electrons. The highest BCUT2D eigenvalue weighted by Gasteiger charge is 2.36. The Kier molecular flexibility index (Phi) is 10.9. The number of rotatable bonds is 12. The highest BCUT2D eigenvalue weighted by Crippen LogP contribution is 2.28. The maximum absolute atomic E-state index is 13.7. The highest BCUT2D eigenvalue weighted by atomic mass is 16.6. The summed E-state index contributed by atoms with van der Waals surface area (Å²) < 4.78 is 11.4. The second-order valence-electron chi connectivity index (χ2n) is 11.3. The first-order valence-corrected chi connectivity index (χ1v) is 13.7. The third-order valence-electron chi connectivity index (χ3n) is 6.70. The van der Waals surface area contributed by atoms with Crippen LogP contribution in [-0.4, -0.2) is 41.3 Å². The summed E-state index contributed by atoms with van der Waals surface area (Å²) in [6.45, 7) is 8.97. The lowest BCUT2D eigenvalue weighted by atomic mass is 9.82. The first kappa shape index (κ1) is 30.9. The van der Waals surface area contributed by atoms with Crippen molar-refractivity contribution in [3.05, 3.63) is 101 Å². The van der Waals surface area contributed by atoms with Crippen molar-refractivity contribution in [1.82, 2.24) is 5.32 Å². The number of para-hydroxylation sites is 1. The lowest BCUT2D eigenvalue weighted by Crippen LogP contribution is -2.46. The SMILES string of the molecule is Cc1cccc(C)c1OCC(=O)C(C(O)CC(Cc1ccccc1)NC(=O)OC(C)(C)C)C(N)c1ccccc1. The lowest BCUT2D eigenvalue weighted by Gasteiger charge is -2.31. The van der Waals surface area contributed by atoms with Crippen molar-refractivity contribution in [2.45, 2.75) is 71.2 Å². The van der Waals surface area contributed by atoms with E-state index in [1.54, 1.807) is 20.8 Å². The second-order valence-corrected chi connectivity index (χ2v) is 11.3. The normalized spacial score (nSPS) is 14.5. The maximum atomic E-state index is 13.7. The molecule has 4 atom stereocenters. The zero-order chi connectivity index (χ0) is 29.3. The topological polar surface area (TPSA) is 111 Å². The molecule has 0 aliphatic carbocycles. The van der Waals surface area contributed by atoms with Crippen LogP contribution in [0.25, 0.3) is 0 Å². The molecule has 214 valence electrons. The molecule has 0 saturated heterocycles. The molecule has 0 aliphatic heterocycles. The van der Waals surface area contributed by atoms with Gasteiger partial charge in [0.15, 0.2) is 5.78 Å². The maximum Gasteiger partial charge on any atom is 0.407 e. The van der Waals surface area contributed by atoms with E-state index in [4.69, 9.17) is 15.2 Å². The van der Waals surface area contributed by atoms with Crippen LogP contribution < -0.4 is 15.8 Å². The number of hydrogen-bond acceptors (Lipinski definition) is 6. The zero-order valence-corrected chi connectivity index (χ0v) is 24.1. The molecular formula is C33H42N2O5. The summed E-state index contributed by atoms with van der Waals surface area (Å²) in [4.78, 5) is 26.4. The molecule has 40 heavy (non-hydrogen) atoms. The number of alkyl carbamates (subject to hydrolysis) is 1. The average Bonchev–Trinajstić information content (AvgIpc) is 2.88. The number of aliphatic hydroxyl groups excluding tert-OH is 1. The fourth-order valence-corrected chi connectivity index (χ4v) is 4.81. The molecule has 0 fully saturated rings. The molecule has 0 aliphatic rings. The van der Waals surface area contributed by atoms with Gasteiger partial charge in [0.1, 0.15) is 18.0 Å². The zero-order valence-electron chi connectivity index (χ0n) is 24.1. The number of carbonyl (C=O) groups excluding carboxylic acids is 2. The Morgan fingerprint density at radius 2 is 1.48 bits per heavy atom. The van der Waals surface area contributed by atoms with Crippen LogP contribution in [0, 0.1) is 19.8 Å². The highest BCUT2D eigenvalue weighted by molar-refractivity contribution is 5.84. The van der Waals surface area contributed by atoms with E-state index in [-0.39, 0.29) is 18.8 Å². The third kappa shape index (κ3) is 9.21. The van der Waals surface area contributed by atoms with Gasteiger partial charge in [-0.2, -0.15) is 0 Å². The number of aryl methyl sites for hydroxylation is 2. The largest absolute Gasteiger partial charge is 0.485 e. The molecule has 0 spiro atoms. The molecule has 1 amide bonds. The minimum Gasteiger partial charge on any atom is -0.485 e. The first-order valence-electron chi connectivity index (χ1n) is 13.7. The van der Waals surface area contributed by atoms with Crippen LogP contribution in [0.4, 0.5) is 4.79 Å². The van der Waals surface area contributed by atoms with E-state index < -0.39 is 35.8 Å². The molecule has 7 nitrogen and oxygen atoms in total. The van der Waals surface area contributed by atoms with Gasteiger partial charge in [-0.15, -0.1) is 0 Å². The van der Waals surface area contributed by atoms with Gasteiger partial charge in [-0.05, 0) is 69.7 Å². The Morgan fingerprint density at radius 3 is 2.05 bits per heavy atom. The van der Waals surface area contributed by atoms with Crippen molar-refractivity contribution < 1.29 is 24.2 Å². The number of nitrogens with two attached hydrogens (primary N) is 1. The quantitative estimate of drug-likeness (QED) is 0.278. The van der Waals surface area contributed by atoms with E-state index >= 15 is 0 Å². The van der Waals surface area contributed by atoms with Gasteiger partial charge >= 0.3 is 6.09 Å². The molecule has 0 bridgehead atoms. The van der Waals surface area contributed by atoms with Gasteiger partial charge in [0.2, 0.25) is 0 Å². The molecule has 4 N–H and O–H groups in total. The monoisotopic (exact) mass is 546 g/mol. The molecule has 7 heteroatoms. The molecular weight excluding hydrogens is 504 g/mol. The van der Waals surface area contributed by atoms with Crippen LogP contribution in [0.1, 0.15) is 55.5 Å². The minimum atomic E-state index is -1.16. The van der Waals surface area contributed by atoms with Crippen LogP contribution in [-0.2, 0) is 16.0 Å². The molecule has 3 aromatic rings. The number of aliphatic hydroxyl groups is 1. The Balaban J connectivity index is 1.85. The number of Topliss-reactive ketones (excluding diaryl/α,β-unsaturated/α-hetero) is 1. The fourth-order valence-electron chi connectivity index (χ4n) is 4.81. The van der Waals surface area contributed by atoms with Crippen molar-refractivity contribution in [2.24, 2.45) is 11.7 Å². The van der Waals surface area contributed by atoms with Crippen LogP contribution in [0.5, 0.6) is 5.75 Å². The Labute approximate surface area is 237 Å². The molecule has 4 unspecified atom stereocenters. The van der Waals surface area contributed by atoms with Crippen molar-refractivity contribution in [3.63, 3.8) is 0 Å². The van der Waals surface area contributed by atoms with Crippen LogP contribution in [0.2, 0.25) is 0 Å². The van der Waals surface area contributed by atoms with E-state index in [0.29, 0.717) is 12.2 Å². The molecule has 3 aromatic carbocycles. The molecule has 0 heterocycles. The number of ketones is 1. The van der Waals surface area contributed by atoms with E-state index in [1.807, 2.05) is 92.7 Å². The number of benzene rings is 3. The van der Waals surface area contributed by atoms with Gasteiger partial charge in [-0.3, -0.25) is 4.79 Å². The van der Waals surface area contributed by atoms with Gasteiger partial charge < -0.3 is 25.6 Å². The first-order chi connectivity index (χ1) is 18.9. The number of amides is 1. The number of carbonyl (C=O) groups is 2. The Morgan fingerprint density at radius 1 is 0.900 bits per heavy atom. The summed E-state index contributed by atoms with van der Waals surface area (Å²) in [5.74, 6) is -0.640.